The molecule has 1 N–H and O–H groups in total. The molecule has 0 fully saturated rings. The summed E-state index contributed by atoms with van der Waals surface area (Å²) in [6.45, 7) is 0.815. The Bertz CT molecular complexity index is 924. The summed E-state index contributed by atoms with van der Waals surface area (Å²) < 4.78 is 11.6. The summed E-state index contributed by atoms with van der Waals surface area (Å²) in [5.74, 6) is 1.37. The molecule has 1 heterocycles. The van der Waals surface area contributed by atoms with Crippen LogP contribution in [0.25, 0.3) is 0 Å². The second-order valence-corrected chi connectivity index (χ2v) is 6.53. The Hall–Kier alpha value is -3.27. The number of carbonyl (C=O) groups is 1. The average Bonchev–Trinajstić information content (AvgIpc) is 2.73. The van der Waals surface area contributed by atoms with Crippen molar-refractivity contribution in [3.05, 3.63) is 95.6 Å². The Labute approximate surface area is 158 Å². The normalized spacial score (nSPS) is 15.2. The first-order valence-electron chi connectivity index (χ1n) is 9.08. The van der Waals surface area contributed by atoms with Crippen molar-refractivity contribution in [3.63, 3.8) is 0 Å². The topological polar surface area (TPSA) is 47.6 Å². The third kappa shape index (κ3) is 4.11. The van der Waals surface area contributed by atoms with Gasteiger partial charge >= 0.3 is 0 Å². The van der Waals surface area contributed by atoms with Gasteiger partial charge in [0.25, 0.3) is 5.91 Å². The van der Waals surface area contributed by atoms with E-state index in [0.717, 1.165) is 17.7 Å². The summed E-state index contributed by atoms with van der Waals surface area (Å²) in [6, 6.07) is 25.4. The minimum Gasteiger partial charge on any atom is -0.486 e. The Kier molecular flexibility index (Phi) is 5.06. The van der Waals surface area contributed by atoms with E-state index in [0.29, 0.717) is 24.5 Å². The lowest BCUT2D eigenvalue weighted by Crippen LogP contribution is -2.40. The minimum atomic E-state index is -0.204. The molecule has 0 radical (unpaired) electrons. The third-order valence-corrected chi connectivity index (χ3v) is 4.56. The van der Waals surface area contributed by atoms with Gasteiger partial charge < -0.3 is 14.8 Å². The van der Waals surface area contributed by atoms with Crippen molar-refractivity contribution in [1.82, 2.24) is 5.32 Å². The van der Waals surface area contributed by atoms with Gasteiger partial charge in [0.2, 0.25) is 0 Å². The van der Waals surface area contributed by atoms with Crippen molar-refractivity contribution >= 4 is 5.91 Å². The second-order valence-electron chi connectivity index (χ2n) is 6.53. The van der Waals surface area contributed by atoms with E-state index in [4.69, 9.17) is 9.47 Å². The molecule has 136 valence electrons. The molecule has 1 atom stereocenters. The number of ether oxygens (including phenoxy) is 2. The fourth-order valence-electron chi connectivity index (χ4n) is 3.18. The smallest absolute Gasteiger partial charge is 0.251 e. The van der Waals surface area contributed by atoms with Gasteiger partial charge in [-0.15, -0.1) is 0 Å². The van der Waals surface area contributed by atoms with Crippen molar-refractivity contribution in [2.45, 2.75) is 12.5 Å². The first-order valence-corrected chi connectivity index (χ1v) is 9.08. The monoisotopic (exact) mass is 359 g/mol. The van der Waals surface area contributed by atoms with E-state index in [1.165, 1.54) is 5.56 Å². The molecule has 0 saturated heterocycles. The van der Waals surface area contributed by atoms with Crippen molar-refractivity contribution in [2.24, 2.45) is 0 Å². The number of benzene rings is 3. The molecule has 1 aliphatic rings. The van der Waals surface area contributed by atoms with Crippen LogP contribution in [0.15, 0.2) is 78.9 Å². The SMILES string of the molecule is O=C(NC[C@H]1COc2ccccc2O1)c1ccccc1Cc1ccccc1. The molecule has 0 saturated carbocycles. The molecule has 1 aliphatic heterocycles. The zero-order valence-electron chi connectivity index (χ0n) is 14.9. The molecule has 0 spiro atoms. The highest BCUT2D eigenvalue weighted by atomic mass is 16.6. The number of amides is 1. The van der Waals surface area contributed by atoms with Crippen LogP contribution in [0.2, 0.25) is 0 Å². The summed E-state index contributed by atoms with van der Waals surface area (Å²) in [5, 5.41) is 2.98. The number of nitrogens with one attached hydrogen (secondary N) is 1. The lowest BCUT2D eigenvalue weighted by atomic mass is 9.99. The molecule has 0 aliphatic carbocycles. The van der Waals surface area contributed by atoms with Crippen molar-refractivity contribution in [1.29, 1.82) is 0 Å². The third-order valence-electron chi connectivity index (χ3n) is 4.56. The Morgan fingerprint density at radius 3 is 2.44 bits per heavy atom. The quantitative estimate of drug-likeness (QED) is 0.753. The zero-order chi connectivity index (χ0) is 18.5. The number of hydrogen-bond acceptors (Lipinski definition) is 3. The second kappa shape index (κ2) is 7.96. The highest BCUT2D eigenvalue weighted by molar-refractivity contribution is 5.95. The lowest BCUT2D eigenvalue weighted by Gasteiger charge is -2.26. The highest BCUT2D eigenvalue weighted by Crippen LogP contribution is 2.30. The van der Waals surface area contributed by atoms with Gasteiger partial charge in [-0.25, -0.2) is 0 Å². The number of carbonyl (C=O) groups excluding carboxylic acids is 1. The van der Waals surface area contributed by atoms with Gasteiger partial charge in [0.1, 0.15) is 12.7 Å². The van der Waals surface area contributed by atoms with E-state index in [1.807, 2.05) is 66.7 Å². The molecule has 4 rings (SSSR count). The van der Waals surface area contributed by atoms with Crippen LogP contribution in [0.4, 0.5) is 0 Å². The number of fused-ring (bicyclic) bond motifs is 1. The largest absolute Gasteiger partial charge is 0.486 e. The molecule has 3 aromatic rings. The first kappa shape index (κ1) is 17.2. The van der Waals surface area contributed by atoms with E-state index < -0.39 is 0 Å². The van der Waals surface area contributed by atoms with Gasteiger partial charge in [0, 0.05) is 5.56 Å². The summed E-state index contributed by atoms with van der Waals surface area (Å²) >= 11 is 0. The summed E-state index contributed by atoms with van der Waals surface area (Å²) in [5.41, 5.74) is 2.88. The van der Waals surface area contributed by atoms with Gasteiger partial charge in [-0.1, -0.05) is 60.7 Å². The Morgan fingerprint density at radius 1 is 0.889 bits per heavy atom. The molecule has 4 heteroatoms. The fourth-order valence-corrected chi connectivity index (χ4v) is 3.18. The lowest BCUT2D eigenvalue weighted by molar-refractivity contribution is 0.0789. The molecule has 0 aromatic heterocycles. The van der Waals surface area contributed by atoms with Gasteiger partial charge in [-0.2, -0.15) is 0 Å². The summed E-state index contributed by atoms with van der Waals surface area (Å²) in [4.78, 5) is 12.7. The van der Waals surface area contributed by atoms with Gasteiger partial charge in [0.05, 0.1) is 6.54 Å². The molecule has 3 aromatic carbocycles. The zero-order valence-corrected chi connectivity index (χ0v) is 14.9. The number of para-hydroxylation sites is 2. The maximum atomic E-state index is 12.7. The van der Waals surface area contributed by atoms with Gasteiger partial charge in [-0.05, 0) is 35.7 Å². The Balaban J connectivity index is 1.40. The van der Waals surface area contributed by atoms with Crippen LogP contribution >= 0.6 is 0 Å². The number of rotatable bonds is 5. The Morgan fingerprint density at radius 2 is 1.59 bits per heavy atom. The van der Waals surface area contributed by atoms with Gasteiger partial charge in [0.15, 0.2) is 11.5 Å². The van der Waals surface area contributed by atoms with Gasteiger partial charge in [-0.3, -0.25) is 4.79 Å². The molecule has 0 unspecified atom stereocenters. The molecule has 4 nitrogen and oxygen atoms in total. The highest BCUT2D eigenvalue weighted by Gasteiger charge is 2.21. The van der Waals surface area contributed by atoms with Crippen molar-refractivity contribution in [3.8, 4) is 11.5 Å². The maximum absolute atomic E-state index is 12.7. The molecule has 1 amide bonds. The summed E-state index contributed by atoms with van der Waals surface area (Å²) in [7, 11) is 0. The standard InChI is InChI=1S/C23H21NO3/c25-23(24-15-19-16-26-21-12-6-7-13-22(21)27-19)20-11-5-4-10-18(20)14-17-8-2-1-3-9-17/h1-13,19H,14-16H2,(H,24,25)/t19-/m0/s1. The van der Waals surface area contributed by atoms with Crippen LogP contribution < -0.4 is 14.8 Å². The molecule has 0 bridgehead atoms. The van der Waals surface area contributed by atoms with Crippen LogP contribution in [0.5, 0.6) is 11.5 Å². The van der Waals surface area contributed by atoms with Crippen LogP contribution in [-0.2, 0) is 6.42 Å². The molecular weight excluding hydrogens is 338 g/mol. The van der Waals surface area contributed by atoms with Crippen LogP contribution in [0.3, 0.4) is 0 Å². The first-order chi connectivity index (χ1) is 13.3. The van der Waals surface area contributed by atoms with Crippen LogP contribution in [0, 0.1) is 0 Å². The van der Waals surface area contributed by atoms with E-state index >= 15 is 0 Å². The minimum absolute atomic E-state index is 0.0935. The van der Waals surface area contributed by atoms with E-state index in [1.54, 1.807) is 0 Å². The summed E-state index contributed by atoms with van der Waals surface area (Å²) in [6.07, 6.45) is 0.519. The fraction of sp³-hybridized carbons (Fsp3) is 0.174. The van der Waals surface area contributed by atoms with Crippen molar-refractivity contribution < 1.29 is 14.3 Å². The van der Waals surface area contributed by atoms with Crippen LogP contribution in [0.1, 0.15) is 21.5 Å². The van der Waals surface area contributed by atoms with E-state index in [-0.39, 0.29) is 12.0 Å². The van der Waals surface area contributed by atoms with E-state index in [9.17, 15) is 4.79 Å². The van der Waals surface area contributed by atoms with E-state index in [2.05, 4.69) is 17.4 Å². The average molecular weight is 359 g/mol. The van der Waals surface area contributed by atoms with Crippen molar-refractivity contribution in [2.75, 3.05) is 13.2 Å². The number of hydrogen-bond donors (Lipinski definition) is 1. The predicted octanol–water partition coefficient (Wildman–Crippen LogP) is 3.85. The molecule has 27 heavy (non-hydrogen) atoms. The van der Waals surface area contributed by atoms with Crippen LogP contribution in [-0.4, -0.2) is 25.2 Å². The maximum Gasteiger partial charge on any atom is 0.251 e. The molecular formula is C23H21NO3. The predicted molar refractivity (Wildman–Crippen MR) is 104 cm³/mol.